The summed E-state index contributed by atoms with van der Waals surface area (Å²) in [6.07, 6.45) is 0.707. The third kappa shape index (κ3) is 7.16. The highest BCUT2D eigenvalue weighted by Gasteiger charge is 2.26. The highest BCUT2D eigenvalue weighted by molar-refractivity contribution is 5.87. The second-order valence-corrected chi connectivity index (χ2v) is 7.17. The molecule has 5 heteroatoms. The normalized spacial score (nSPS) is 14.1. The molecule has 0 bridgehead atoms. The number of carbonyl (C=O) groups excluding carboxylic acids is 2. The monoisotopic (exact) mass is 384 g/mol. The first kappa shape index (κ1) is 18.7. The minimum absolute atomic E-state index is 0.134. The molecule has 0 spiro atoms. The van der Waals surface area contributed by atoms with Crippen LogP contribution in [0.15, 0.2) is 60.7 Å². The summed E-state index contributed by atoms with van der Waals surface area (Å²) in [6, 6.07) is 17.0. The summed E-state index contributed by atoms with van der Waals surface area (Å²) in [5, 5.41) is 3.68. The van der Waals surface area contributed by atoms with E-state index in [0.717, 1.165) is 16.4 Å². The molecule has 2 atom stereocenters. The Morgan fingerprint density at radius 2 is 1.61 bits per heavy atom. The van der Waals surface area contributed by atoms with E-state index in [-0.39, 0.29) is 26.0 Å². The van der Waals surface area contributed by atoms with Gasteiger partial charge in [-0.25, -0.2) is 4.79 Å². The molecular weight excluding hydrogens is 352 g/mol. The van der Waals surface area contributed by atoms with Crippen LogP contribution in [-0.4, -0.2) is 31.0 Å². The Hall–Kier alpha value is -2.66. The number of carbonyl (C=O) groups is 2. The van der Waals surface area contributed by atoms with Crippen molar-refractivity contribution in [2.45, 2.75) is 45.4 Å². The minimum Gasteiger partial charge on any atom is -0.459 e. The van der Waals surface area contributed by atoms with Gasteiger partial charge < -0.3 is 15.4 Å². The van der Waals surface area contributed by atoms with E-state index in [1.807, 2.05) is 74.5 Å². The number of rotatable bonds is 10. The molecule has 0 aromatic heterocycles. The van der Waals surface area contributed by atoms with Crippen molar-refractivity contribution in [1.29, 1.82) is 0 Å². The molecule has 0 aliphatic carbocycles. The van der Waals surface area contributed by atoms with Gasteiger partial charge in [0, 0.05) is 1.37 Å². The number of esters is 1. The van der Waals surface area contributed by atoms with Gasteiger partial charge in [-0.1, -0.05) is 74.5 Å². The number of hydrogen-bond donors (Lipinski definition) is 2. The fourth-order valence-corrected chi connectivity index (χ4v) is 2.86. The van der Waals surface area contributed by atoms with Gasteiger partial charge in [-0.15, -0.1) is 0 Å². The van der Waals surface area contributed by atoms with Crippen LogP contribution in [0.4, 0.5) is 0 Å². The maximum atomic E-state index is 13.0. The molecule has 0 aliphatic rings. The lowest BCUT2D eigenvalue weighted by molar-refractivity contribution is -0.149. The van der Waals surface area contributed by atoms with Crippen molar-refractivity contribution in [2.24, 2.45) is 5.92 Å². The number of likely N-dealkylation sites (N-methyl/N-ethyl adjacent to an activating group) is 1. The predicted octanol–water partition coefficient (Wildman–Crippen LogP) is 3.09. The standard InChI is InChI=1S/C23H30N2O3/c1-17(2)14-21(23(27)28-16-19-12-8-5-9-13-19)25-22(26)20(24-3)15-18-10-6-4-7-11-18/h4-13,17,20-21,24H,14-16H2,1-3H3,(H,25,26)/t20-,21-/m0/s1/i3D/hD. The van der Waals surface area contributed by atoms with Crippen LogP contribution in [0.2, 0.25) is 1.41 Å². The second-order valence-electron chi connectivity index (χ2n) is 7.17. The molecule has 2 rings (SSSR count). The van der Waals surface area contributed by atoms with E-state index in [2.05, 4.69) is 5.32 Å². The van der Waals surface area contributed by atoms with Crippen molar-refractivity contribution < 1.29 is 17.1 Å². The van der Waals surface area contributed by atoms with Gasteiger partial charge in [0.1, 0.15) is 14.1 Å². The largest absolute Gasteiger partial charge is 0.459 e. The molecule has 0 fully saturated rings. The topological polar surface area (TPSA) is 67.4 Å². The number of benzene rings is 2. The van der Waals surface area contributed by atoms with Gasteiger partial charge in [0.15, 0.2) is 0 Å². The summed E-state index contributed by atoms with van der Waals surface area (Å²) >= 11 is 0. The number of nitrogens with one attached hydrogen (secondary N) is 2. The van der Waals surface area contributed by atoms with E-state index in [4.69, 9.17) is 7.52 Å². The molecule has 0 saturated carbocycles. The van der Waals surface area contributed by atoms with Gasteiger partial charge in [-0.3, -0.25) is 4.79 Å². The zero-order valence-electron chi connectivity index (χ0n) is 18.5. The van der Waals surface area contributed by atoms with Crippen molar-refractivity contribution in [1.82, 2.24) is 10.6 Å². The van der Waals surface area contributed by atoms with Crippen LogP contribution in [0.3, 0.4) is 0 Å². The molecule has 0 unspecified atom stereocenters. The predicted molar refractivity (Wildman–Crippen MR) is 111 cm³/mol. The van der Waals surface area contributed by atoms with Crippen LogP contribution in [0.25, 0.3) is 0 Å². The Morgan fingerprint density at radius 3 is 2.18 bits per heavy atom. The van der Waals surface area contributed by atoms with E-state index in [1.165, 1.54) is 0 Å². The molecular formula is C23H30N2O3. The van der Waals surface area contributed by atoms with E-state index in [0.29, 0.717) is 6.42 Å². The van der Waals surface area contributed by atoms with Crippen LogP contribution in [0, 0.1) is 5.92 Å². The lowest BCUT2D eigenvalue weighted by Gasteiger charge is -2.23. The average molecular weight is 385 g/mol. The van der Waals surface area contributed by atoms with E-state index in [9.17, 15) is 9.59 Å². The summed E-state index contributed by atoms with van der Waals surface area (Å²) in [5.41, 5.74) is 1.75. The highest BCUT2D eigenvalue weighted by Crippen LogP contribution is 2.10. The van der Waals surface area contributed by atoms with Crippen LogP contribution >= 0.6 is 0 Å². The van der Waals surface area contributed by atoms with Crippen LogP contribution in [0.5, 0.6) is 0 Å². The number of amides is 1. The second kappa shape index (κ2) is 11.2. The molecule has 2 aromatic carbocycles. The van der Waals surface area contributed by atoms with E-state index < -0.39 is 24.0 Å². The van der Waals surface area contributed by atoms with Gasteiger partial charge in [-0.2, -0.15) is 0 Å². The van der Waals surface area contributed by atoms with Crippen molar-refractivity contribution >= 4 is 11.9 Å². The number of hydrogen-bond acceptors (Lipinski definition) is 4. The first-order chi connectivity index (χ1) is 14.4. The minimum atomic E-state index is -0.874. The Balaban J connectivity index is 2.07. The maximum Gasteiger partial charge on any atom is 0.328 e. The van der Waals surface area contributed by atoms with E-state index >= 15 is 0 Å². The van der Waals surface area contributed by atoms with Gasteiger partial charge >= 0.3 is 5.97 Å². The molecule has 0 radical (unpaired) electrons. The molecule has 0 heterocycles. The van der Waals surface area contributed by atoms with Gasteiger partial charge in [0.25, 0.3) is 0 Å². The summed E-state index contributed by atoms with van der Waals surface area (Å²) in [7, 11) is -0.349. The van der Waals surface area contributed by atoms with Gasteiger partial charge in [0.05, 0.1) is 6.04 Å². The first-order valence-corrected chi connectivity index (χ1v) is 9.50. The highest BCUT2D eigenvalue weighted by atomic mass is 16.5. The summed E-state index contributed by atoms with van der Waals surface area (Å²) < 4.78 is 20.9. The van der Waals surface area contributed by atoms with Gasteiger partial charge in [0.2, 0.25) is 5.91 Å². The Bertz CT molecular complexity index is 788. The molecule has 28 heavy (non-hydrogen) atoms. The summed E-state index contributed by atoms with van der Waals surface area (Å²) in [5.74, 6) is -0.791. The SMILES string of the molecule is [2H]CN([2H])[C@@H](Cc1ccccc1)C(=O)N[C@@H](CC(C)C)C(=O)OCc1ccccc1. The molecule has 150 valence electrons. The molecule has 5 nitrogen and oxygen atoms in total. The van der Waals surface area contributed by atoms with Crippen molar-refractivity contribution in [3.8, 4) is 0 Å². The zero-order chi connectivity index (χ0) is 21.9. The van der Waals surface area contributed by atoms with Crippen LogP contribution in [-0.2, 0) is 27.4 Å². The molecule has 1 amide bonds. The lowest BCUT2D eigenvalue weighted by atomic mass is 10.0. The number of ether oxygens (including phenoxy) is 1. The molecule has 0 saturated heterocycles. The third-order valence-electron chi connectivity index (χ3n) is 4.33. The van der Waals surface area contributed by atoms with Crippen LogP contribution in [0.1, 0.15) is 32.8 Å². The molecule has 2 aromatic rings. The summed E-state index contributed by atoms with van der Waals surface area (Å²) in [4.78, 5) is 25.6. The maximum absolute atomic E-state index is 13.0. The Labute approximate surface area is 170 Å². The lowest BCUT2D eigenvalue weighted by Crippen LogP contribution is -2.51. The fourth-order valence-electron chi connectivity index (χ4n) is 2.86. The van der Waals surface area contributed by atoms with Crippen molar-refractivity contribution in [3.05, 3.63) is 71.8 Å². The van der Waals surface area contributed by atoms with E-state index in [1.54, 1.807) is 0 Å². The first-order valence-electron chi connectivity index (χ1n) is 10.7. The molecule has 0 aliphatic heterocycles. The average Bonchev–Trinajstić information content (AvgIpc) is 2.75. The Morgan fingerprint density at radius 1 is 1.00 bits per heavy atom. The van der Waals surface area contributed by atoms with Gasteiger partial charge in [-0.05, 0) is 36.9 Å². The third-order valence-corrected chi connectivity index (χ3v) is 4.33. The quantitative estimate of drug-likeness (QED) is 0.618. The van der Waals surface area contributed by atoms with Crippen LogP contribution < -0.4 is 10.6 Å². The smallest absolute Gasteiger partial charge is 0.328 e. The van der Waals surface area contributed by atoms with Crippen molar-refractivity contribution in [3.63, 3.8) is 0 Å². The molecule has 2 N–H and O–H groups in total. The fraction of sp³-hybridized carbons (Fsp3) is 0.391. The Kier molecular flexibility index (Phi) is 7.51. The van der Waals surface area contributed by atoms with Crippen molar-refractivity contribution in [2.75, 3.05) is 7.02 Å². The summed E-state index contributed by atoms with van der Waals surface area (Å²) in [6.45, 7) is 4.06. The zero-order valence-corrected chi connectivity index (χ0v) is 16.5.